The molecule has 3 aromatic rings. The van der Waals surface area contributed by atoms with E-state index < -0.39 is 5.97 Å². The monoisotopic (exact) mass is 412 g/mol. The van der Waals surface area contributed by atoms with Crippen molar-refractivity contribution >= 4 is 39.3 Å². The Bertz CT molecular complexity index is 1110. The molecule has 0 aliphatic heterocycles. The summed E-state index contributed by atoms with van der Waals surface area (Å²) in [5, 5.41) is 10.5. The number of thiophene rings is 1. The van der Waals surface area contributed by atoms with E-state index in [-0.39, 0.29) is 11.1 Å². The Morgan fingerprint density at radius 3 is 2.75 bits per heavy atom. The predicted octanol–water partition coefficient (Wildman–Crippen LogP) is 4.51. The fourth-order valence-electron chi connectivity index (χ4n) is 3.51. The zero-order chi connectivity index (χ0) is 19.7. The second kappa shape index (κ2) is 7.93. The molecule has 0 bridgehead atoms. The average molecular weight is 413 g/mol. The fraction of sp³-hybridized carbons (Fsp3) is 0.286. The van der Waals surface area contributed by atoms with Gasteiger partial charge < -0.3 is 5.11 Å². The van der Waals surface area contributed by atoms with Gasteiger partial charge in [-0.25, -0.2) is 9.78 Å². The van der Waals surface area contributed by atoms with Crippen molar-refractivity contribution in [3.63, 3.8) is 0 Å². The van der Waals surface area contributed by atoms with Gasteiger partial charge in [0, 0.05) is 17.2 Å². The molecule has 0 spiro atoms. The number of hydrogen-bond donors (Lipinski definition) is 1. The number of carboxylic acid groups (broad SMARTS) is 1. The van der Waals surface area contributed by atoms with Crippen molar-refractivity contribution in [2.24, 2.45) is 0 Å². The summed E-state index contributed by atoms with van der Waals surface area (Å²) in [6.45, 7) is 4.21. The van der Waals surface area contributed by atoms with E-state index in [1.807, 2.05) is 0 Å². The van der Waals surface area contributed by atoms with Crippen LogP contribution in [0.4, 0.5) is 0 Å². The standard InChI is InChI=1S/C21H20N2O3S2/c1-2-11-23-19(24)17-15-5-3-4-6-16(15)28-18(17)22-21(23)27-12-13-7-9-14(10-8-13)20(25)26/h2,7-10H,1,3-6,11-12H2,(H,25,26). The minimum absolute atomic E-state index is 0.0213. The van der Waals surface area contributed by atoms with Crippen molar-refractivity contribution < 1.29 is 9.90 Å². The highest BCUT2D eigenvalue weighted by Crippen LogP contribution is 2.35. The number of fused-ring (bicyclic) bond motifs is 3. The van der Waals surface area contributed by atoms with Crippen LogP contribution in [0.3, 0.4) is 0 Å². The van der Waals surface area contributed by atoms with E-state index >= 15 is 0 Å². The highest BCUT2D eigenvalue weighted by atomic mass is 32.2. The number of nitrogens with zero attached hydrogens (tertiary/aromatic N) is 2. The Labute approximate surface area is 170 Å². The quantitative estimate of drug-likeness (QED) is 0.366. The van der Waals surface area contributed by atoms with Crippen LogP contribution >= 0.6 is 23.1 Å². The van der Waals surface area contributed by atoms with E-state index in [0.29, 0.717) is 17.5 Å². The molecule has 1 aromatic carbocycles. The second-order valence-corrected chi connectivity index (χ2v) is 8.81. The van der Waals surface area contributed by atoms with Gasteiger partial charge in [-0.05, 0) is 48.9 Å². The van der Waals surface area contributed by atoms with Gasteiger partial charge in [-0.2, -0.15) is 0 Å². The van der Waals surface area contributed by atoms with Crippen LogP contribution in [0.1, 0.15) is 39.2 Å². The third kappa shape index (κ3) is 3.52. The number of rotatable bonds is 6. The van der Waals surface area contributed by atoms with E-state index in [2.05, 4.69) is 6.58 Å². The maximum Gasteiger partial charge on any atom is 0.335 e. The highest BCUT2D eigenvalue weighted by molar-refractivity contribution is 7.98. The lowest BCUT2D eigenvalue weighted by Crippen LogP contribution is -2.23. The molecule has 0 fully saturated rings. The predicted molar refractivity (Wildman–Crippen MR) is 114 cm³/mol. The normalized spacial score (nSPS) is 13.4. The van der Waals surface area contributed by atoms with Crippen LogP contribution in [-0.4, -0.2) is 20.6 Å². The second-order valence-electron chi connectivity index (χ2n) is 6.78. The molecule has 0 amide bonds. The van der Waals surface area contributed by atoms with E-state index in [9.17, 15) is 9.59 Å². The Balaban J connectivity index is 1.69. The van der Waals surface area contributed by atoms with E-state index in [1.54, 1.807) is 46.2 Å². The molecule has 1 aliphatic rings. The van der Waals surface area contributed by atoms with Crippen LogP contribution in [0.5, 0.6) is 0 Å². The lowest BCUT2D eigenvalue weighted by atomic mass is 9.97. The number of hydrogen-bond acceptors (Lipinski definition) is 5. The molecule has 0 radical (unpaired) electrons. The number of carboxylic acids is 1. The third-order valence-electron chi connectivity index (χ3n) is 4.92. The molecular weight excluding hydrogens is 392 g/mol. The molecule has 1 N–H and O–H groups in total. The van der Waals surface area contributed by atoms with Crippen LogP contribution in [0.2, 0.25) is 0 Å². The van der Waals surface area contributed by atoms with E-state index in [0.717, 1.165) is 35.0 Å². The molecule has 2 heterocycles. The topological polar surface area (TPSA) is 72.2 Å². The Hall–Kier alpha value is -2.38. The van der Waals surface area contributed by atoms with Gasteiger partial charge in [0.15, 0.2) is 5.16 Å². The molecule has 0 unspecified atom stereocenters. The number of thioether (sulfide) groups is 1. The number of aromatic nitrogens is 2. The first kappa shape index (κ1) is 19.0. The summed E-state index contributed by atoms with van der Waals surface area (Å²) in [5.41, 5.74) is 2.47. The van der Waals surface area contributed by atoms with Gasteiger partial charge in [-0.15, -0.1) is 17.9 Å². The van der Waals surface area contributed by atoms with Gasteiger partial charge in [0.05, 0.1) is 10.9 Å². The molecule has 1 aliphatic carbocycles. The van der Waals surface area contributed by atoms with Crippen LogP contribution in [0.25, 0.3) is 10.2 Å². The summed E-state index contributed by atoms with van der Waals surface area (Å²) in [6.07, 6.45) is 6.02. The summed E-state index contributed by atoms with van der Waals surface area (Å²) >= 11 is 3.15. The molecule has 0 saturated heterocycles. The lowest BCUT2D eigenvalue weighted by Gasteiger charge is -2.12. The number of aromatic carboxylic acids is 1. The Morgan fingerprint density at radius 1 is 1.29 bits per heavy atom. The number of allylic oxidation sites excluding steroid dienone is 1. The summed E-state index contributed by atoms with van der Waals surface area (Å²) in [4.78, 5) is 31.2. The van der Waals surface area contributed by atoms with Crippen LogP contribution in [0.15, 0.2) is 46.9 Å². The molecule has 0 atom stereocenters. The molecule has 144 valence electrons. The van der Waals surface area contributed by atoms with E-state index in [4.69, 9.17) is 10.1 Å². The largest absolute Gasteiger partial charge is 0.478 e. The van der Waals surface area contributed by atoms with Gasteiger partial charge >= 0.3 is 5.97 Å². The minimum Gasteiger partial charge on any atom is -0.478 e. The molecule has 5 nitrogen and oxygen atoms in total. The Morgan fingerprint density at radius 2 is 2.04 bits per heavy atom. The number of benzene rings is 1. The van der Waals surface area contributed by atoms with Crippen LogP contribution in [-0.2, 0) is 25.1 Å². The summed E-state index contributed by atoms with van der Waals surface area (Å²) in [5.74, 6) is -0.326. The lowest BCUT2D eigenvalue weighted by molar-refractivity contribution is 0.0697. The van der Waals surface area contributed by atoms with Crippen molar-refractivity contribution in [2.45, 2.75) is 43.1 Å². The van der Waals surface area contributed by atoms with Gasteiger partial charge in [-0.3, -0.25) is 9.36 Å². The summed E-state index contributed by atoms with van der Waals surface area (Å²) < 4.78 is 1.70. The molecular formula is C21H20N2O3S2. The maximum absolute atomic E-state index is 13.2. The summed E-state index contributed by atoms with van der Waals surface area (Å²) in [7, 11) is 0. The summed E-state index contributed by atoms with van der Waals surface area (Å²) in [6, 6.07) is 6.79. The average Bonchev–Trinajstić information content (AvgIpc) is 3.07. The number of carbonyl (C=O) groups is 1. The molecule has 4 rings (SSSR count). The first-order valence-corrected chi connectivity index (χ1v) is 11.0. The molecule has 28 heavy (non-hydrogen) atoms. The minimum atomic E-state index is -0.937. The molecule has 2 aromatic heterocycles. The molecule has 0 saturated carbocycles. The molecule has 7 heteroatoms. The zero-order valence-corrected chi connectivity index (χ0v) is 16.9. The van der Waals surface area contributed by atoms with Crippen molar-refractivity contribution in [1.29, 1.82) is 0 Å². The third-order valence-corrected chi connectivity index (χ3v) is 7.15. The number of aryl methyl sites for hydroxylation is 2. The van der Waals surface area contributed by atoms with Crippen LogP contribution in [0, 0.1) is 0 Å². The first-order chi connectivity index (χ1) is 13.6. The van der Waals surface area contributed by atoms with Crippen molar-refractivity contribution in [2.75, 3.05) is 0 Å². The Kier molecular flexibility index (Phi) is 5.37. The van der Waals surface area contributed by atoms with Crippen molar-refractivity contribution in [1.82, 2.24) is 9.55 Å². The van der Waals surface area contributed by atoms with Gasteiger partial charge in [0.25, 0.3) is 5.56 Å². The van der Waals surface area contributed by atoms with E-state index in [1.165, 1.54) is 28.6 Å². The van der Waals surface area contributed by atoms with Gasteiger partial charge in [0.1, 0.15) is 4.83 Å². The maximum atomic E-state index is 13.2. The van der Waals surface area contributed by atoms with Crippen LogP contribution < -0.4 is 5.56 Å². The van der Waals surface area contributed by atoms with Crippen molar-refractivity contribution in [3.05, 3.63) is 68.8 Å². The highest BCUT2D eigenvalue weighted by Gasteiger charge is 2.22. The van der Waals surface area contributed by atoms with Gasteiger partial charge in [0.2, 0.25) is 0 Å². The fourth-order valence-corrected chi connectivity index (χ4v) is 5.78. The smallest absolute Gasteiger partial charge is 0.335 e. The SMILES string of the molecule is C=CCn1c(SCc2ccc(C(=O)O)cc2)nc2sc3c(c2c1=O)CCCC3. The van der Waals surface area contributed by atoms with Crippen molar-refractivity contribution in [3.8, 4) is 0 Å². The zero-order valence-electron chi connectivity index (χ0n) is 15.3. The van der Waals surface area contributed by atoms with Gasteiger partial charge in [-0.1, -0.05) is 30.0 Å². The first-order valence-electron chi connectivity index (χ1n) is 9.19.